The summed E-state index contributed by atoms with van der Waals surface area (Å²) in [5.41, 5.74) is 1.82. The van der Waals surface area contributed by atoms with Crippen LogP contribution in [0.4, 0.5) is 10.8 Å². The van der Waals surface area contributed by atoms with Gasteiger partial charge in [0.15, 0.2) is 0 Å². The average molecular weight is 445 g/mol. The molecule has 0 saturated carbocycles. The zero-order chi connectivity index (χ0) is 21.7. The van der Waals surface area contributed by atoms with Crippen molar-refractivity contribution in [1.82, 2.24) is 10.2 Å². The smallest absolute Gasteiger partial charge is 0.264 e. The molecule has 0 saturated heterocycles. The second-order valence-electron chi connectivity index (χ2n) is 6.89. The molecule has 9 heteroatoms. The number of carbonyl (C=O) groups excluding carboxylic acids is 1. The van der Waals surface area contributed by atoms with E-state index >= 15 is 0 Å². The number of nitrogens with one attached hydrogen (secondary N) is 1. The zero-order valence-electron chi connectivity index (χ0n) is 17.1. The third kappa shape index (κ3) is 5.03. The molecule has 2 aromatic carbocycles. The highest BCUT2D eigenvalue weighted by atomic mass is 32.2. The molecule has 7 nitrogen and oxygen atoms in total. The SMILES string of the molecule is CCCCc1nnc(NC(=O)c2cccc(S(=O)(=O)N(C)c3ccc(C)cc3)c2)s1. The van der Waals surface area contributed by atoms with Crippen LogP contribution in [0.3, 0.4) is 0 Å². The second-order valence-corrected chi connectivity index (χ2v) is 9.93. The Morgan fingerprint density at radius 3 is 2.57 bits per heavy atom. The number of hydrogen-bond donors (Lipinski definition) is 1. The molecule has 1 amide bonds. The minimum atomic E-state index is -3.81. The third-order valence-corrected chi connectivity index (χ3v) is 7.26. The van der Waals surface area contributed by atoms with Gasteiger partial charge in [-0.15, -0.1) is 10.2 Å². The lowest BCUT2D eigenvalue weighted by molar-refractivity contribution is 0.102. The van der Waals surface area contributed by atoms with Gasteiger partial charge < -0.3 is 0 Å². The van der Waals surface area contributed by atoms with E-state index in [4.69, 9.17) is 0 Å². The van der Waals surface area contributed by atoms with Gasteiger partial charge in [-0.2, -0.15) is 0 Å². The van der Waals surface area contributed by atoms with E-state index in [1.54, 1.807) is 24.3 Å². The Morgan fingerprint density at radius 2 is 1.87 bits per heavy atom. The molecule has 0 spiro atoms. The van der Waals surface area contributed by atoms with Crippen LogP contribution in [0.2, 0.25) is 0 Å². The van der Waals surface area contributed by atoms with E-state index in [-0.39, 0.29) is 10.5 Å². The van der Waals surface area contributed by atoms with Crippen molar-refractivity contribution in [3.05, 3.63) is 64.7 Å². The number of amides is 1. The minimum Gasteiger partial charge on any atom is -0.296 e. The summed E-state index contributed by atoms with van der Waals surface area (Å²) in [6.07, 6.45) is 2.89. The summed E-state index contributed by atoms with van der Waals surface area (Å²) >= 11 is 1.33. The highest BCUT2D eigenvalue weighted by Gasteiger charge is 2.22. The van der Waals surface area contributed by atoms with Gasteiger partial charge in [0.05, 0.1) is 10.6 Å². The van der Waals surface area contributed by atoms with Crippen LogP contribution in [0, 0.1) is 6.92 Å². The molecule has 0 aliphatic carbocycles. The van der Waals surface area contributed by atoms with Gasteiger partial charge in [0, 0.05) is 19.0 Å². The van der Waals surface area contributed by atoms with Gasteiger partial charge in [0.2, 0.25) is 5.13 Å². The normalized spacial score (nSPS) is 11.3. The largest absolute Gasteiger partial charge is 0.296 e. The van der Waals surface area contributed by atoms with Gasteiger partial charge >= 0.3 is 0 Å². The molecule has 0 atom stereocenters. The van der Waals surface area contributed by atoms with Gasteiger partial charge in [-0.1, -0.05) is 48.4 Å². The standard InChI is InChI=1S/C21H24N4O3S2/c1-4-5-9-19-23-24-21(29-19)22-20(26)16-7-6-8-18(14-16)30(27,28)25(3)17-12-10-15(2)11-13-17/h6-8,10-14H,4-5,9H2,1-3H3,(H,22,24,26). The van der Waals surface area contributed by atoms with E-state index in [2.05, 4.69) is 22.4 Å². The van der Waals surface area contributed by atoms with Gasteiger partial charge in [0.1, 0.15) is 5.01 Å². The fourth-order valence-electron chi connectivity index (χ4n) is 2.75. The Labute approximate surface area is 180 Å². The van der Waals surface area contributed by atoms with Crippen molar-refractivity contribution in [1.29, 1.82) is 0 Å². The number of aromatic nitrogens is 2. The van der Waals surface area contributed by atoms with E-state index < -0.39 is 15.9 Å². The van der Waals surface area contributed by atoms with Crippen LogP contribution in [0.5, 0.6) is 0 Å². The number of benzene rings is 2. The van der Waals surface area contributed by atoms with E-state index in [9.17, 15) is 13.2 Å². The lowest BCUT2D eigenvalue weighted by atomic mass is 10.2. The van der Waals surface area contributed by atoms with Crippen LogP contribution >= 0.6 is 11.3 Å². The summed E-state index contributed by atoms with van der Waals surface area (Å²) in [6, 6.07) is 13.2. The van der Waals surface area contributed by atoms with Gasteiger partial charge in [-0.3, -0.25) is 14.4 Å². The van der Waals surface area contributed by atoms with Crippen LogP contribution < -0.4 is 9.62 Å². The topological polar surface area (TPSA) is 92.3 Å². The Kier molecular flexibility index (Phi) is 6.84. The first-order valence-electron chi connectivity index (χ1n) is 9.60. The number of unbranched alkanes of at least 4 members (excludes halogenated alkanes) is 1. The molecule has 1 N–H and O–H groups in total. The van der Waals surface area contributed by atoms with Crippen molar-refractivity contribution in [2.75, 3.05) is 16.7 Å². The Balaban J connectivity index is 1.78. The third-order valence-electron chi connectivity index (χ3n) is 4.58. The molecule has 30 heavy (non-hydrogen) atoms. The van der Waals surface area contributed by atoms with Crippen molar-refractivity contribution in [2.45, 2.75) is 38.0 Å². The molecular formula is C21H24N4O3S2. The second kappa shape index (κ2) is 9.36. The molecule has 0 aliphatic heterocycles. The van der Waals surface area contributed by atoms with Crippen molar-refractivity contribution in [3.63, 3.8) is 0 Å². The Bertz CT molecular complexity index is 1130. The molecule has 0 radical (unpaired) electrons. The fraction of sp³-hybridized carbons (Fsp3) is 0.286. The molecule has 1 heterocycles. The fourth-order valence-corrected chi connectivity index (χ4v) is 4.77. The number of carbonyl (C=O) groups is 1. The maximum absolute atomic E-state index is 13.0. The number of aryl methyl sites for hydroxylation is 2. The minimum absolute atomic E-state index is 0.0409. The van der Waals surface area contributed by atoms with Crippen LogP contribution in [0.1, 0.15) is 40.7 Å². The first-order chi connectivity index (χ1) is 14.3. The Morgan fingerprint density at radius 1 is 1.13 bits per heavy atom. The van der Waals surface area contributed by atoms with Crippen LogP contribution in [-0.2, 0) is 16.4 Å². The van der Waals surface area contributed by atoms with Crippen LogP contribution in [0.25, 0.3) is 0 Å². The van der Waals surface area contributed by atoms with Gasteiger partial charge in [-0.25, -0.2) is 8.42 Å². The quantitative estimate of drug-likeness (QED) is 0.560. The number of anilines is 2. The summed E-state index contributed by atoms with van der Waals surface area (Å²) < 4.78 is 27.3. The molecular weight excluding hydrogens is 420 g/mol. The zero-order valence-corrected chi connectivity index (χ0v) is 18.8. The first-order valence-corrected chi connectivity index (χ1v) is 11.9. The number of rotatable bonds is 8. The lowest BCUT2D eigenvalue weighted by Crippen LogP contribution is -2.26. The van der Waals surface area contributed by atoms with Crippen molar-refractivity contribution >= 4 is 38.1 Å². The van der Waals surface area contributed by atoms with E-state index in [1.165, 1.54) is 34.8 Å². The van der Waals surface area contributed by atoms with E-state index in [0.29, 0.717) is 10.8 Å². The summed E-state index contributed by atoms with van der Waals surface area (Å²) in [6.45, 7) is 4.03. The first kappa shape index (κ1) is 21.9. The van der Waals surface area contributed by atoms with E-state index in [1.807, 2.05) is 19.1 Å². The molecule has 0 aliphatic rings. The average Bonchev–Trinajstić information content (AvgIpc) is 3.19. The van der Waals surface area contributed by atoms with Crippen LogP contribution in [0.15, 0.2) is 53.4 Å². The number of nitrogens with zero attached hydrogens (tertiary/aromatic N) is 3. The summed E-state index contributed by atoms with van der Waals surface area (Å²) in [7, 11) is -2.32. The van der Waals surface area contributed by atoms with E-state index in [0.717, 1.165) is 29.8 Å². The molecule has 0 bridgehead atoms. The molecule has 3 rings (SSSR count). The monoisotopic (exact) mass is 444 g/mol. The summed E-state index contributed by atoms with van der Waals surface area (Å²) in [5.74, 6) is -0.428. The van der Waals surface area contributed by atoms with Crippen molar-refractivity contribution < 1.29 is 13.2 Å². The molecule has 0 fully saturated rings. The summed E-state index contributed by atoms with van der Waals surface area (Å²) in [5, 5.41) is 12.0. The lowest BCUT2D eigenvalue weighted by Gasteiger charge is -2.20. The predicted octanol–water partition coefficient (Wildman–Crippen LogP) is 4.27. The predicted molar refractivity (Wildman–Crippen MR) is 120 cm³/mol. The molecule has 0 unspecified atom stereocenters. The highest BCUT2D eigenvalue weighted by Crippen LogP contribution is 2.24. The molecule has 1 aromatic heterocycles. The van der Waals surface area contributed by atoms with Gasteiger partial charge in [-0.05, 0) is 43.7 Å². The highest BCUT2D eigenvalue weighted by molar-refractivity contribution is 7.92. The van der Waals surface area contributed by atoms with Crippen molar-refractivity contribution in [3.8, 4) is 0 Å². The molecule has 3 aromatic rings. The maximum Gasteiger partial charge on any atom is 0.264 e. The maximum atomic E-state index is 13.0. The number of sulfonamides is 1. The summed E-state index contributed by atoms with van der Waals surface area (Å²) in [4.78, 5) is 12.7. The number of hydrogen-bond acceptors (Lipinski definition) is 6. The Hall–Kier alpha value is -2.78. The van der Waals surface area contributed by atoms with Gasteiger partial charge in [0.25, 0.3) is 15.9 Å². The van der Waals surface area contributed by atoms with Crippen LogP contribution in [-0.4, -0.2) is 31.6 Å². The van der Waals surface area contributed by atoms with Crippen molar-refractivity contribution in [2.24, 2.45) is 0 Å². The molecule has 158 valence electrons.